The molecule has 2 aromatic rings. The number of aliphatic hydroxyl groups is 1. The number of alkyl halides is 2. The molecule has 1 saturated carbocycles. The molecule has 2 saturated heterocycles. The van der Waals surface area contributed by atoms with Gasteiger partial charge in [0, 0.05) is 48.7 Å². The molecule has 34 heavy (non-hydrogen) atoms. The molecule has 2 unspecified atom stereocenters. The Morgan fingerprint density at radius 3 is 2.32 bits per heavy atom. The Morgan fingerprint density at radius 1 is 1.09 bits per heavy atom. The number of fused-ring (bicyclic) bond motifs is 2. The number of rotatable bonds is 5. The predicted molar refractivity (Wildman–Crippen MR) is 127 cm³/mol. The molecule has 3 aliphatic heterocycles. The molecule has 7 nitrogen and oxygen atoms in total. The van der Waals surface area contributed by atoms with Crippen molar-refractivity contribution in [2.24, 2.45) is 11.8 Å². The zero-order valence-corrected chi connectivity index (χ0v) is 20.1. The lowest BCUT2D eigenvalue weighted by molar-refractivity contribution is 0.0191. The van der Waals surface area contributed by atoms with E-state index in [9.17, 15) is 18.1 Å². The van der Waals surface area contributed by atoms with Crippen molar-refractivity contribution in [3.8, 4) is 0 Å². The van der Waals surface area contributed by atoms with Crippen LogP contribution in [0.5, 0.6) is 0 Å². The molecule has 0 radical (unpaired) electrons. The SMILES string of the molecule is O=[S@@]1CC(F)(F)c2nc(N3CC4CN(c5ccc(Cl)cc5)CC4C3)nc(NC3(CO)CCC3)c21. The molecule has 0 amide bonds. The molecule has 1 aliphatic carbocycles. The van der Waals surface area contributed by atoms with Crippen molar-refractivity contribution in [1.29, 1.82) is 0 Å². The number of anilines is 3. The van der Waals surface area contributed by atoms with Crippen LogP contribution in [0.1, 0.15) is 25.0 Å². The van der Waals surface area contributed by atoms with E-state index < -0.39 is 33.7 Å². The number of aliphatic hydroxyl groups excluding tert-OH is 1. The lowest BCUT2D eigenvalue weighted by Gasteiger charge is -2.41. The Labute approximate surface area is 204 Å². The predicted octanol–water partition coefficient (Wildman–Crippen LogP) is 3.24. The first-order valence-electron chi connectivity index (χ1n) is 11.6. The molecule has 2 N–H and O–H groups in total. The van der Waals surface area contributed by atoms with Crippen LogP contribution in [-0.2, 0) is 16.7 Å². The smallest absolute Gasteiger partial charge is 0.302 e. The molecule has 1 aromatic heterocycles. The average molecular weight is 510 g/mol. The molecule has 3 atom stereocenters. The second kappa shape index (κ2) is 7.99. The van der Waals surface area contributed by atoms with Crippen LogP contribution in [0.3, 0.4) is 0 Å². The summed E-state index contributed by atoms with van der Waals surface area (Å²) >= 11 is 6.01. The quantitative estimate of drug-likeness (QED) is 0.640. The summed E-state index contributed by atoms with van der Waals surface area (Å²) in [4.78, 5) is 13.2. The number of aromatic nitrogens is 2. The van der Waals surface area contributed by atoms with E-state index in [-0.39, 0.29) is 23.3 Å². The molecule has 6 rings (SSSR count). The van der Waals surface area contributed by atoms with Gasteiger partial charge < -0.3 is 20.2 Å². The summed E-state index contributed by atoms with van der Waals surface area (Å²) in [6, 6.07) is 7.80. The minimum atomic E-state index is -3.26. The van der Waals surface area contributed by atoms with Gasteiger partial charge in [0.15, 0.2) is 0 Å². The standard InChI is InChI=1S/C23H26ClF2N5O2S/c24-16-2-4-17(5-3-16)30-8-14-10-31(11-15(14)9-30)21-27-19-18(34(33)13-23(19,25)26)20(28-21)29-22(12-32)6-1-7-22/h2-5,14-15,32H,1,6-13H2,(H,27,28,29)/t14?,15?,34-/m1/s1. The van der Waals surface area contributed by atoms with E-state index in [0.29, 0.717) is 29.9 Å². The summed E-state index contributed by atoms with van der Waals surface area (Å²) in [6.45, 7) is 2.96. The number of halogens is 3. The highest BCUT2D eigenvalue weighted by atomic mass is 35.5. The summed E-state index contributed by atoms with van der Waals surface area (Å²) in [7, 11) is -1.89. The van der Waals surface area contributed by atoms with Gasteiger partial charge in [0.05, 0.1) is 28.7 Å². The Balaban J connectivity index is 1.27. The van der Waals surface area contributed by atoms with Gasteiger partial charge in [-0.2, -0.15) is 13.8 Å². The monoisotopic (exact) mass is 509 g/mol. The van der Waals surface area contributed by atoms with E-state index in [2.05, 4.69) is 20.2 Å². The van der Waals surface area contributed by atoms with Gasteiger partial charge in [-0.3, -0.25) is 4.21 Å². The lowest BCUT2D eigenvalue weighted by Crippen LogP contribution is -2.48. The Bertz CT molecular complexity index is 1130. The average Bonchev–Trinajstić information content (AvgIpc) is 3.41. The molecule has 0 bridgehead atoms. The molecule has 3 fully saturated rings. The highest BCUT2D eigenvalue weighted by Crippen LogP contribution is 2.45. The van der Waals surface area contributed by atoms with Crippen molar-refractivity contribution < 1.29 is 18.1 Å². The molecule has 4 heterocycles. The number of benzene rings is 1. The fourth-order valence-electron chi connectivity index (χ4n) is 5.63. The van der Waals surface area contributed by atoms with Crippen LogP contribution in [-0.4, -0.2) is 63.4 Å². The summed E-state index contributed by atoms with van der Waals surface area (Å²) in [5, 5.41) is 13.8. The molecule has 4 aliphatic rings. The third-order valence-electron chi connectivity index (χ3n) is 7.70. The van der Waals surface area contributed by atoms with Crippen LogP contribution in [0.2, 0.25) is 5.02 Å². The maximum Gasteiger partial charge on any atom is 0.302 e. The Morgan fingerprint density at radius 2 is 1.74 bits per heavy atom. The third-order valence-corrected chi connectivity index (χ3v) is 9.42. The van der Waals surface area contributed by atoms with Crippen LogP contribution < -0.4 is 15.1 Å². The van der Waals surface area contributed by atoms with E-state index >= 15 is 0 Å². The van der Waals surface area contributed by atoms with Crippen molar-refractivity contribution in [2.45, 2.75) is 35.6 Å². The first kappa shape index (κ1) is 22.4. The molecular weight excluding hydrogens is 484 g/mol. The summed E-state index contributed by atoms with van der Waals surface area (Å²) in [6.07, 6.45) is 2.37. The van der Waals surface area contributed by atoms with Gasteiger partial charge in [-0.15, -0.1) is 0 Å². The number of nitrogens with one attached hydrogen (secondary N) is 1. The van der Waals surface area contributed by atoms with Gasteiger partial charge in [-0.1, -0.05) is 11.6 Å². The fraction of sp³-hybridized carbons (Fsp3) is 0.565. The summed E-state index contributed by atoms with van der Waals surface area (Å²) < 4.78 is 42.1. The van der Waals surface area contributed by atoms with Gasteiger partial charge in [0.2, 0.25) is 5.95 Å². The van der Waals surface area contributed by atoms with E-state index in [4.69, 9.17) is 11.6 Å². The largest absolute Gasteiger partial charge is 0.394 e. The minimum absolute atomic E-state index is 0.0122. The van der Waals surface area contributed by atoms with Crippen LogP contribution in [0.15, 0.2) is 29.2 Å². The third kappa shape index (κ3) is 3.65. The second-order valence-corrected chi connectivity index (χ2v) is 11.8. The maximum atomic E-state index is 14.7. The highest BCUT2D eigenvalue weighted by Gasteiger charge is 2.50. The van der Waals surface area contributed by atoms with Crippen LogP contribution in [0.25, 0.3) is 0 Å². The van der Waals surface area contributed by atoms with Gasteiger partial charge in [0.1, 0.15) is 16.4 Å². The first-order valence-corrected chi connectivity index (χ1v) is 13.3. The first-order chi connectivity index (χ1) is 16.3. The van der Waals surface area contributed by atoms with Crippen molar-refractivity contribution in [2.75, 3.05) is 53.7 Å². The van der Waals surface area contributed by atoms with Gasteiger partial charge in [-0.05, 0) is 43.5 Å². The molecule has 182 valence electrons. The lowest BCUT2D eigenvalue weighted by atomic mass is 9.77. The van der Waals surface area contributed by atoms with Crippen molar-refractivity contribution in [3.63, 3.8) is 0 Å². The van der Waals surface area contributed by atoms with Crippen molar-refractivity contribution in [1.82, 2.24) is 9.97 Å². The van der Waals surface area contributed by atoms with Crippen molar-refractivity contribution >= 4 is 39.9 Å². The minimum Gasteiger partial charge on any atom is -0.394 e. The Kier molecular flexibility index (Phi) is 5.27. The normalized spacial score (nSPS) is 28.5. The molecule has 1 aromatic carbocycles. The maximum absolute atomic E-state index is 14.7. The topological polar surface area (TPSA) is 81.6 Å². The van der Waals surface area contributed by atoms with E-state index in [1.807, 2.05) is 29.2 Å². The van der Waals surface area contributed by atoms with E-state index in [1.165, 1.54) is 0 Å². The number of nitrogens with zero attached hydrogens (tertiary/aromatic N) is 4. The van der Waals surface area contributed by atoms with Crippen LogP contribution in [0.4, 0.5) is 26.2 Å². The van der Waals surface area contributed by atoms with Gasteiger partial charge in [0.25, 0.3) is 0 Å². The fourth-order valence-corrected chi connectivity index (χ4v) is 7.09. The Hall–Kier alpha value is -2.04. The van der Waals surface area contributed by atoms with E-state index in [1.54, 1.807) is 0 Å². The molecular formula is C23H26ClF2N5O2S. The van der Waals surface area contributed by atoms with Crippen LogP contribution >= 0.6 is 11.6 Å². The number of hydrogen-bond donors (Lipinski definition) is 2. The van der Waals surface area contributed by atoms with Gasteiger partial charge >= 0.3 is 5.92 Å². The molecule has 0 spiro atoms. The number of hydrogen-bond acceptors (Lipinski definition) is 7. The second-order valence-electron chi connectivity index (χ2n) is 9.97. The van der Waals surface area contributed by atoms with Crippen LogP contribution in [0, 0.1) is 11.8 Å². The molecule has 11 heteroatoms. The zero-order valence-electron chi connectivity index (χ0n) is 18.5. The zero-order chi connectivity index (χ0) is 23.7. The summed E-state index contributed by atoms with van der Waals surface area (Å²) in [5.74, 6) is -2.86. The van der Waals surface area contributed by atoms with E-state index in [0.717, 1.165) is 38.0 Å². The van der Waals surface area contributed by atoms with Gasteiger partial charge in [-0.25, -0.2) is 4.98 Å². The summed E-state index contributed by atoms with van der Waals surface area (Å²) in [5.41, 5.74) is 0.0929. The highest BCUT2D eigenvalue weighted by molar-refractivity contribution is 7.85. The van der Waals surface area contributed by atoms with Crippen molar-refractivity contribution in [3.05, 3.63) is 35.0 Å².